The summed E-state index contributed by atoms with van der Waals surface area (Å²) in [6.45, 7) is 0. The molecular formula is C7H3ClF4O2. The van der Waals surface area contributed by atoms with E-state index in [9.17, 15) is 17.6 Å². The largest absolute Gasteiger partial charge is 0.504 e. The maximum absolute atomic E-state index is 12.7. The zero-order valence-corrected chi connectivity index (χ0v) is 7.12. The molecular weight excluding hydrogens is 228 g/mol. The normalized spacial score (nSPS) is 11.8. The molecule has 14 heavy (non-hydrogen) atoms. The van der Waals surface area contributed by atoms with E-state index in [4.69, 9.17) is 21.8 Å². The van der Waals surface area contributed by atoms with Gasteiger partial charge in [0.2, 0.25) is 0 Å². The molecule has 1 aromatic carbocycles. The Hall–Kier alpha value is -1.17. The fourth-order valence-corrected chi connectivity index (χ4v) is 1.02. The summed E-state index contributed by atoms with van der Waals surface area (Å²) in [6.07, 6.45) is -4.90. The first-order valence-electron chi connectivity index (χ1n) is 3.22. The van der Waals surface area contributed by atoms with Crippen LogP contribution in [-0.2, 0) is 6.18 Å². The Morgan fingerprint density at radius 3 is 2.07 bits per heavy atom. The molecule has 7 heteroatoms. The second-order valence-corrected chi connectivity index (χ2v) is 2.82. The summed E-state index contributed by atoms with van der Waals surface area (Å²) in [5.74, 6) is -4.57. The van der Waals surface area contributed by atoms with Crippen LogP contribution in [0, 0.1) is 5.82 Å². The molecule has 0 amide bonds. The highest BCUT2D eigenvalue weighted by Crippen LogP contribution is 2.43. The van der Waals surface area contributed by atoms with E-state index in [2.05, 4.69) is 0 Å². The van der Waals surface area contributed by atoms with Crippen LogP contribution in [0.5, 0.6) is 11.5 Å². The Labute approximate surface area is 80.4 Å². The van der Waals surface area contributed by atoms with Crippen molar-refractivity contribution in [2.75, 3.05) is 0 Å². The predicted octanol–water partition coefficient (Wildman–Crippen LogP) is 2.91. The minimum Gasteiger partial charge on any atom is -0.504 e. The van der Waals surface area contributed by atoms with E-state index in [0.29, 0.717) is 0 Å². The molecule has 0 heterocycles. The number of hydrogen-bond donors (Lipinski definition) is 2. The first kappa shape index (κ1) is 10.9. The van der Waals surface area contributed by atoms with Gasteiger partial charge in [0.1, 0.15) is 5.56 Å². The first-order valence-corrected chi connectivity index (χ1v) is 3.60. The van der Waals surface area contributed by atoms with Gasteiger partial charge in [-0.1, -0.05) is 11.6 Å². The topological polar surface area (TPSA) is 40.5 Å². The lowest BCUT2D eigenvalue weighted by Gasteiger charge is -2.10. The molecule has 1 rings (SSSR count). The number of aromatic hydroxyl groups is 2. The van der Waals surface area contributed by atoms with Crippen LogP contribution in [0.4, 0.5) is 17.6 Å². The van der Waals surface area contributed by atoms with Crippen LogP contribution in [0.3, 0.4) is 0 Å². The summed E-state index contributed by atoms with van der Waals surface area (Å²) in [7, 11) is 0. The molecule has 0 aliphatic heterocycles. The summed E-state index contributed by atoms with van der Waals surface area (Å²) < 4.78 is 48.9. The van der Waals surface area contributed by atoms with E-state index in [1.807, 2.05) is 0 Å². The molecule has 0 saturated carbocycles. The van der Waals surface area contributed by atoms with Crippen LogP contribution >= 0.6 is 11.6 Å². The van der Waals surface area contributed by atoms with Gasteiger partial charge in [-0.25, -0.2) is 4.39 Å². The van der Waals surface area contributed by atoms with Gasteiger partial charge >= 0.3 is 6.18 Å². The molecule has 1 aromatic rings. The minimum atomic E-state index is -4.90. The van der Waals surface area contributed by atoms with E-state index in [1.165, 1.54) is 0 Å². The molecule has 0 radical (unpaired) electrons. The second kappa shape index (κ2) is 3.20. The van der Waals surface area contributed by atoms with E-state index in [1.54, 1.807) is 0 Å². The quantitative estimate of drug-likeness (QED) is 0.531. The Bertz CT molecular complexity index is 375. The van der Waals surface area contributed by atoms with Crippen LogP contribution in [0.15, 0.2) is 6.07 Å². The number of rotatable bonds is 0. The Morgan fingerprint density at radius 2 is 1.64 bits per heavy atom. The fourth-order valence-electron chi connectivity index (χ4n) is 0.819. The van der Waals surface area contributed by atoms with Gasteiger partial charge in [-0.3, -0.25) is 0 Å². The van der Waals surface area contributed by atoms with Crippen molar-refractivity contribution < 1.29 is 27.8 Å². The summed E-state index contributed by atoms with van der Waals surface area (Å²) in [5, 5.41) is 16.6. The maximum atomic E-state index is 12.7. The van der Waals surface area contributed by atoms with Gasteiger partial charge < -0.3 is 10.2 Å². The Kier molecular flexibility index (Phi) is 2.49. The van der Waals surface area contributed by atoms with Crippen molar-refractivity contribution in [2.24, 2.45) is 0 Å². The highest BCUT2D eigenvalue weighted by molar-refractivity contribution is 6.31. The first-order chi connectivity index (χ1) is 6.25. The van der Waals surface area contributed by atoms with Crippen LogP contribution in [0.2, 0.25) is 5.02 Å². The van der Waals surface area contributed by atoms with Crippen LogP contribution < -0.4 is 0 Å². The summed E-state index contributed by atoms with van der Waals surface area (Å²) in [4.78, 5) is 0. The van der Waals surface area contributed by atoms with Crippen molar-refractivity contribution >= 4 is 11.6 Å². The molecule has 0 aliphatic carbocycles. The van der Waals surface area contributed by atoms with Gasteiger partial charge in [-0.15, -0.1) is 0 Å². The lowest BCUT2D eigenvalue weighted by Crippen LogP contribution is -2.06. The number of phenolic OH excluding ortho intramolecular Hbond substituents is 2. The number of phenols is 2. The summed E-state index contributed by atoms with van der Waals surface area (Å²) in [5.41, 5.74) is -1.58. The Morgan fingerprint density at radius 1 is 1.14 bits per heavy atom. The third-order valence-corrected chi connectivity index (χ3v) is 1.75. The molecule has 0 atom stereocenters. The average Bonchev–Trinajstić information content (AvgIpc) is 2.06. The molecule has 0 spiro atoms. The Balaban J connectivity index is 3.49. The summed E-state index contributed by atoms with van der Waals surface area (Å²) in [6, 6.07) is 0.200. The number of benzene rings is 1. The number of halogens is 5. The third kappa shape index (κ3) is 1.70. The number of alkyl halides is 3. The van der Waals surface area contributed by atoms with Crippen molar-refractivity contribution in [3.8, 4) is 11.5 Å². The van der Waals surface area contributed by atoms with Crippen molar-refractivity contribution in [2.45, 2.75) is 6.18 Å². The van der Waals surface area contributed by atoms with E-state index >= 15 is 0 Å². The molecule has 0 fully saturated rings. The summed E-state index contributed by atoms with van der Waals surface area (Å²) >= 11 is 5.05. The minimum absolute atomic E-state index is 0.200. The molecule has 2 N–H and O–H groups in total. The molecule has 0 saturated heterocycles. The lowest BCUT2D eigenvalue weighted by atomic mass is 10.1. The average molecular weight is 231 g/mol. The van der Waals surface area contributed by atoms with E-state index in [0.717, 1.165) is 0 Å². The van der Waals surface area contributed by atoms with Gasteiger partial charge in [-0.05, 0) is 6.07 Å². The molecule has 0 bridgehead atoms. The van der Waals surface area contributed by atoms with Gasteiger partial charge in [0.05, 0.1) is 5.02 Å². The zero-order chi connectivity index (χ0) is 11.1. The zero-order valence-electron chi connectivity index (χ0n) is 6.36. The third-order valence-electron chi connectivity index (χ3n) is 1.47. The van der Waals surface area contributed by atoms with E-state index in [-0.39, 0.29) is 6.07 Å². The smallest absolute Gasteiger partial charge is 0.420 e. The second-order valence-electron chi connectivity index (χ2n) is 2.41. The fraction of sp³-hybridized carbons (Fsp3) is 0.143. The van der Waals surface area contributed by atoms with Crippen molar-refractivity contribution in [3.63, 3.8) is 0 Å². The number of hydrogen-bond acceptors (Lipinski definition) is 2. The predicted molar refractivity (Wildman–Crippen MR) is 39.7 cm³/mol. The van der Waals surface area contributed by atoms with E-state index < -0.39 is 34.1 Å². The van der Waals surface area contributed by atoms with Gasteiger partial charge in [0.15, 0.2) is 17.3 Å². The van der Waals surface area contributed by atoms with Crippen LogP contribution in [-0.4, -0.2) is 10.2 Å². The van der Waals surface area contributed by atoms with Gasteiger partial charge in [0, 0.05) is 0 Å². The molecule has 0 aliphatic rings. The van der Waals surface area contributed by atoms with Crippen molar-refractivity contribution in [1.82, 2.24) is 0 Å². The van der Waals surface area contributed by atoms with Gasteiger partial charge in [0.25, 0.3) is 0 Å². The highest BCUT2D eigenvalue weighted by atomic mass is 35.5. The molecule has 0 aromatic heterocycles. The molecule has 2 nitrogen and oxygen atoms in total. The molecule has 78 valence electrons. The standard InChI is InChI=1S/C7H3ClF4O2/c8-3-1-2(7(10,11)12)5(13)6(14)4(3)9/h1,13-14H. The highest BCUT2D eigenvalue weighted by Gasteiger charge is 2.36. The van der Waals surface area contributed by atoms with Crippen molar-refractivity contribution in [3.05, 3.63) is 22.5 Å². The van der Waals surface area contributed by atoms with Crippen LogP contribution in [0.25, 0.3) is 0 Å². The molecule has 0 unspecified atom stereocenters. The SMILES string of the molecule is Oc1c(C(F)(F)F)cc(Cl)c(F)c1O. The maximum Gasteiger partial charge on any atom is 0.420 e. The van der Waals surface area contributed by atoms with Crippen LogP contribution in [0.1, 0.15) is 5.56 Å². The lowest BCUT2D eigenvalue weighted by molar-refractivity contribution is -0.138. The van der Waals surface area contributed by atoms with Crippen molar-refractivity contribution in [1.29, 1.82) is 0 Å². The van der Waals surface area contributed by atoms with Gasteiger partial charge in [-0.2, -0.15) is 13.2 Å². The monoisotopic (exact) mass is 230 g/mol.